The summed E-state index contributed by atoms with van der Waals surface area (Å²) in [5.74, 6) is -0.0311. The first kappa shape index (κ1) is 17.3. The standard InChI is InChI=1S/C20H22N6O/c27-20(18-14-21-10-11-22-18)26-12-5-4-8-17(26)9-13-25-15-19(23-24-25)16-6-2-1-3-7-16/h1-3,6-7,10-11,14-15,17H,4-5,8-9,12-13H2. The maximum absolute atomic E-state index is 12.8. The summed E-state index contributed by atoms with van der Waals surface area (Å²) >= 11 is 0. The Morgan fingerprint density at radius 1 is 1.15 bits per heavy atom. The highest BCUT2D eigenvalue weighted by Crippen LogP contribution is 2.22. The van der Waals surface area contributed by atoms with Gasteiger partial charge in [-0.1, -0.05) is 35.5 Å². The lowest BCUT2D eigenvalue weighted by Crippen LogP contribution is -2.44. The van der Waals surface area contributed by atoms with Gasteiger partial charge in [-0.2, -0.15) is 0 Å². The Morgan fingerprint density at radius 3 is 2.85 bits per heavy atom. The van der Waals surface area contributed by atoms with Crippen LogP contribution >= 0.6 is 0 Å². The molecular weight excluding hydrogens is 340 g/mol. The van der Waals surface area contributed by atoms with Crippen LogP contribution in [-0.2, 0) is 6.54 Å². The number of hydrogen-bond acceptors (Lipinski definition) is 5. The van der Waals surface area contributed by atoms with Gasteiger partial charge in [-0.25, -0.2) is 4.98 Å². The predicted molar refractivity (Wildman–Crippen MR) is 101 cm³/mol. The second kappa shape index (κ2) is 8.07. The van der Waals surface area contributed by atoms with Crippen LogP contribution in [0.1, 0.15) is 36.2 Å². The Morgan fingerprint density at radius 2 is 2.04 bits per heavy atom. The van der Waals surface area contributed by atoms with E-state index in [4.69, 9.17) is 0 Å². The van der Waals surface area contributed by atoms with Crippen molar-refractivity contribution >= 4 is 5.91 Å². The van der Waals surface area contributed by atoms with Gasteiger partial charge < -0.3 is 4.90 Å². The summed E-state index contributed by atoms with van der Waals surface area (Å²) in [6.45, 7) is 1.50. The third kappa shape index (κ3) is 4.02. The molecule has 1 aromatic carbocycles. The minimum Gasteiger partial charge on any atom is -0.334 e. The average Bonchev–Trinajstić information content (AvgIpc) is 3.22. The molecule has 0 radical (unpaired) electrons. The summed E-state index contributed by atoms with van der Waals surface area (Å²) < 4.78 is 1.86. The summed E-state index contributed by atoms with van der Waals surface area (Å²) in [5.41, 5.74) is 2.34. The number of benzene rings is 1. The molecule has 138 valence electrons. The third-order valence-corrected chi connectivity index (χ3v) is 4.97. The second-order valence-electron chi connectivity index (χ2n) is 6.76. The number of rotatable bonds is 5. The van der Waals surface area contributed by atoms with Crippen molar-refractivity contribution in [3.8, 4) is 11.3 Å². The van der Waals surface area contributed by atoms with Gasteiger partial charge in [0.15, 0.2) is 0 Å². The van der Waals surface area contributed by atoms with Crippen molar-refractivity contribution in [3.05, 3.63) is 60.8 Å². The van der Waals surface area contributed by atoms with Gasteiger partial charge in [0.05, 0.1) is 12.4 Å². The fourth-order valence-electron chi connectivity index (χ4n) is 3.55. The van der Waals surface area contributed by atoms with Crippen LogP contribution in [0, 0.1) is 0 Å². The smallest absolute Gasteiger partial charge is 0.274 e. The van der Waals surface area contributed by atoms with E-state index in [1.54, 1.807) is 12.4 Å². The lowest BCUT2D eigenvalue weighted by Gasteiger charge is -2.35. The molecule has 7 nitrogen and oxygen atoms in total. The minimum absolute atomic E-state index is 0.0311. The van der Waals surface area contributed by atoms with E-state index in [2.05, 4.69) is 20.3 Å². The molecule has 2 aromatic heterocycles. The number of carbonyl (C=O) groups excluding carboxylic acids is 1. The molecule has 0 spiro atoms. The molecular formula is C20H22N6O. The van der Waals surface area contributed by atoms with Gasteiger partial charge in [0.2, 0.25) is 0 Å². The normalized spacial score (nSPS) is 17.0. The molecule has 0 saturated carbocycles. The highest BCUT2D eigenvalue weighted by molar-refractivity contribution is 5.92. The summed E-state index contributed by atoms with van der Waals surface area (Å²) in [5, 5.41) is 8.51. The van der Waals surface area contributed by atoms with E-state index >= 15 is 0 Å². The first-order chi connectivity index (χ1) is 13.3. The molecule has 0 bridgehead atoms. The van der Waals surface area contributed by atoms with E-state index in [9.17, 15) is 4.79 Å². The van der Waals surface area contributed by atoms with Crippen LogP contribution in [0.15, 0.2) is 55.1 Å². The van der Waals surface area contributed by atoms with E-state index in [-0.39, 0.29) is 11.9 Å². The van der Waals surface area contributed by atoms with Crippen molar-refractivity contribution in [1.29, 1.82) is 0 Å². The zero-order chi connectivity index (χ0) is 18.5. The third-order valence-electron chi connectivity index (χ3n) is 4.97. The lowest BCUT2D eigenvalue weighted by molar-refractivity contribution is 0.0587. The molecule has 3 aromatic rings. The second-order valence-corrected chi connectivity index (χ2v) is 6.76. The van der Waals surface area contributed by atoms with E-state index in [0.29, 0.717) is 5.69 Å². The van der Waals surface area contributed by atoms with Crippen molar-refractivity contribution < 1.29 is 4.79 Å². The minimum atomic E-state index is -0.0311. The van der Waals surface area contributed by atoms with Crippen LogP contribution < -0.4 is 0 Å². The summed E-state index contributed by atoms with van der Waals surface area (Å²) in [4.78, 5) is 22.9. The number of piperidine rings is 1. The monoisotopic (exact) mass is 362 g/mol. The van der Waals surface area contributed by atoms with Gasteiger partial charge in [-0.05, 0) is 25.7 Å². The molecule has 0 aliphatic carbocycles. The maximum atomic E-state index is 12.8. The Kier molecular flexibility index (Phi) is 5.18. The van der Waals surface area contributed by atoms with Crippen LogP contribution in [0.3, 0.4) is 0 Å². The molecule has 1 amide bonds. The Hall–Kier alpha value is -3.09. The molecule has 27 heavy (non-hydrogen) atoms. The summed E-state index contributed by atoms with van der Waals surface area (Å²) in [7, 11) is 0. The Labute approximate surface area is 158 Å². The molecule has 0 N–H and O–H groups in total. The number of amides is 1. The van der Waals surface area contributed by atoms with Gasteiger partial charge in [-0.3, -0.25) is 14.5 Å². The molecule has 1 saturated heterocycles. The number of aromatic nitrogens is 5. The van der Waals surface area contributed by atoms with E-state index in [1.807, 2.05) is 46.1 Å². The molecule has 1 fully saturated rings. The molecule has 4 rings (SSSR count). The molecule has 1 atom stereocenters. The van der Waals surface area contributed by atoms with Crippen molar-refractivity contribution in [1.82, 2.24) is 29.9 Å². The van der Waals surface area contributed by atoms with Gasteiger partial charge in [0.25, 0.3) is 5.91 Å². The van der Waals surface area contributed by atoms with Crippen LogP contribution in [-0.4, -0.2) is 48.4 Å². The summed E-state index contributed by atoms with van der Waals surface area (Å²) in [6, 6.07) is 10.2. The van der Waals surface area contributed by atoms with E-state index in [0.717, 1.165) is 50.0 Å². The highest BCUT2D eigenvalue weighted by Gasteiger charge is 2.28. The van der Waals surface area contributed by atoms with E-state index < -0.39 is 0 Å². The highest BCUT2D eigenvalue weighted by atomic mass is 16.2. The van der Waals surface area contributed by atoms with Crippen LogP contribution in [0.5, 0.6) is 0 Å². The average molecular weight is 362 g/mol. The predicted octanol–water partition coefficient (Wildman–Crippen LogP) is 2.82. The van der Waals surface area contributed by atoms with E-state index in [1.165, 1.54) is 6.20 Å². The molecule has 1 aliphatic heterocycles. The Bertz CT molecular complexity index is 880. The zero-order valence-electron chi connectivity index (χ0n) is 15.1. The topological polar surface area (TPSA) is 76.8 Å². The largest absolute Gasteiger partial charge is 0.334 e. The van der Waals surface area contributed by atoms with Crippen LogP contribution in [0.25, 0.3) is 11.3 Å². The first-order valence-electron chi connectivity index (χ1n) is 9.34. The van der Waals surface area contributed by atoms with Crippen LogP contribution in [0.4, 0.5) is 0 Å². The van der Waals surface area contributed by atoms with Crippen molar-refractivity contribution in [2.45, 2.75) is 38.3 Å². The fraction of sp³-hybridized carbons (Fsp3) is 0.350. The number of aryl methyl sites for hydroxylation is 1. The van der Waals surface area contributed by atoms with Gasteiger partial charge in [-0.15, -0.1) is 5.10 Å². The van der Waals surface area contributed by atoms with Crippen molar-refractivity contribution in [2.24, 2.45) is 0 Å². The lowest BCUT2D eigenvalue weighted by atomic mass is 9.99. The number of hydrogen-bond donors (Lipinski definition) is 0. The number of carbonyl (C=O) groups is 1. The first-order valence-corrected chi connectivity index (χ1v) is 9.34. The maximum Gasteiger partial charge on any atom is 0.274 e. The fourth-order valence-corrected chi connectivity index (χ4v) is 3.55. The van der Waals surface area contributed by atoms with Gasteiger partial charge in [0.1, 0.15) is 11.4 Å². The molecule has 7 heteroatoms. The molecule has 1 aliphatic rings. The van der Waals surface area contributed by atoms with Crippen LogP contribution in [0.2, 0.25) is 0 Å². The van der Waals surface area contributed by atoms with Crippen molar-refractivity contribution in [2.75, 3.05) is 6.54 Å². The number of nitrogens with zero attached hydrogens (tertiary/aromatic N) is 6. The summed E-state index contributed by atoms with van der Waals surface area (Å²) in [6.07, 6.45) is 10.7. The van der Waals surface area contributed by atoms with Gasteiger partial charge in [0, 0.05) is 37.1 Å². The van der Waals surface area contributed by atoms with Crippen molar-refractivity contribution in [3.63, 3.8) is 0 Å². The SMILES string of the molecule is O=C(c1cnccn1)N1CCCCC1CCn1cc(-c2ccccc2)nn1. The molecule has 1 unspecified atom stereocenters. The van der Waals surface area contributed by atoms with Gasteiger partial charge >= 0.3 is 0 Å². The quantitative estimate of drug-likeness (QED) is 0.697. The molecule has 3 heterocycles. The Balaban J connectivity index is 1.42. The zero-order valence-corrected chi connectivity index (χ0v) is 15.1. The number of likely N-dealkylation sites (tertiary alicyclic amines) is 1.